The summed E-state index contributed by atoms with van der Waals surface area (Å²) in [5.74, 6) is -1.32. The van der Waals surface area contributed by atoms with Crippen LogP contribution < -0.4 is 9.05 Å². The van der Waals surface area contributed by atoms with Gasteiger partial charge in [-0.3, -0.25) is 9.59 Å². The molecule has 2 aromatic carbocycles. The standard InChI is InChI=1S/C23H24NO6P/c1-14-20-19(15(2)25)23(27)24(20)21(16(3)26)22(14)31(28,29-17-10-6-4-7-11-17)30-18-12-8-5-9-13-18/h4-15,19-20,25H,1-3H3/t14-,15-,19-,20-/m1/s1. The minimum absolute atomic E-state index is 0.0367. The fourth-order valence-corrected chi connectivity index (χ4v) is 6.61. The van der Waals surface area contributed by atoms with Crippen molar-refractivity contribution in [3.05, 3.63) is 71.7 Å². The number of benzene rings is 2. The van der Waals surface area contributed by atoms with E-state index in [0.717, 1.165) is 0 Å². The van der Waals surface area contributed by atoms with Gasteiger partial charge >= 0.3 is 7.60 Å². The molecule has 2 heterocycles. The van der Waals surface area contributed by atoms with Gasteiger partial charge in [-0.2, -0.15) is 0 Å². The molecule has 7 nitrogen and oxygen atoms in total. The monoisotopic (exact) mass is 441 g/mol. The predicted molar refractivity (Wildman–Crippen MR) is 114 cm³/mol. The molecule has 2 aliphatic heterocycles. The summed E-state index contributed by atoms with van der Waals surface area (Å²) >= 11 is 0. The molecule has 0 aliphatic carbocycles. The van der Waals surface area contributed by atoms with Gasteiger partial charge in [0.2, 0.25) is 5.91 Å². The number of allylic oxidation sites excluding steroid dienone is 1. The number of carbonyl (C=O) groups is 2. The normalized spacial score (nSPS) is 23.8. The van der Waals surface area contributed by atoms with Crippen molar-refractivity contribution in [3.63, 3.8) is 0 Å². The Hall–Kier alpha value is -2.89. The largest absolute Gasteiger partial charge is 0.461 e. The van der Waals surface area contributed by atoms with Crippen molar-refractivity contribution in [1.29, 1.82) is 0 Å². The lowest BCUT2D eigenvalue weighted by Crippen LogP contribution is -2.63. The van der Waals surface area contributed by atoms with Crippen molar-refractivity contribution in [2.45, 2.75) is 32.9 Å². The summed E-state index contributed by atoms with van der Waals surface area (Å²) in [6, 6.07) is 16.6. The van der Waals surface area contributed by atoms with Crippen LogP contribution in [-0.4, -0.2) is 33.8 Å². The number of β-lactam (4-membered cyclic amide) rings is 1. The number of para-hydroxylation sites is 2. The Kier molecular flexibility index (Phi) is 5.50. The molecule has 0 bridgehead atoms. The van der Waals surface area contributed by atoms with Gasteiger partial charge in [-0.25, -0.2) is 4.57 Å². The zero-order valence-corrected chi connectivity index (χ0v) is 18.4. The van der Waals surface area contributed by atoms with Crippen LogP contribution in [0.2, 0.25) is 0 Å². The molecule has 31 heavy (non-hydrogen) atoms. The van der Waals surface area contributed by atoms with E-state index in [1.165, 1.54) is 11.8 Å². The average Bonchev–Trinajstić information content (AvgIpc) is 2.98. The smallest absolute Gasteiger partial charge is 0.413 e. The first-order valence-electron chi connectivity index (χ1n) is 10.1. The lowest BCUT2D eigenvalue weighted by Gasteiger charge is -2.46. The second-order valence-electron chi connectivity index (χ2n) is 7.85. The Balaban J connectivity index is 1.84. The maximum absolute atomic E-state index is 14.3. The summed E-state index contributed by atoms with van der Waals surface area (Å²) in [6.45, 7) is 4.64. The van der Waals surface area contributed by atoms with Gasteiger partial charge in [-0.1, -0.05) is 43.3 Å². The third-order valence-electron chi connectivity index (χ3n) is 5.70. The van der Waals surface area contributed by atoms with Crippen LogP contribution in [0, 0.1) is 11.8 Å². The number of aliphatic hydroxyl groups is 1. The van der Waals surface area contributed by atoms with Crippen LogP contribution in [0.3, 0.4) is 0 Å². The van der Waals surface area contributed by atoms with Gasteiger partial charge < -0.3 is 19.1 Å². The van der Waals surface area contributed by atoms with Crippen LogP contribution in [0.1, 0.15) is 20.8 Å². The number of rotatable bonds is 7. The van der Waals surface area contributed by atoms with Gasteiger partial charge in [0, 0.05) is 12.8 Å². The molecule has 162 valence electrons. The first kappa shape index (κ1) is 21.3. The van der Waals surface area contributed by atoms with Gasteiger partial charge in [0.05, 0.1) is 23.4 Å². The highest BCUT2D eigenvalue weighted by atomic mass is 31.2. The van der Waals surface area contributed by atoms with E-state index in [2.05, 4.69) is 0 Å². The summed E-state index contributed by atoms with van der Waals surface area (Å²) in [5, 5.41) is 10.3. The maximum atomic E-state index is 14.3. The molecule has 0 radical (unpaired) electrons. The minimum atomic E-state index is -4.11. The number of carbonyl (C=O) groups excluding carboxylic acids is 2. The van der Waals surface area contributed by atoms with Crippen molar-refractivity contribution in [1.82, 2.24) is 4.90 Å². The van der Waals surface area contributed by atoms with E-state index in [-0.39, 0.29) is 16.9 Å². The fraction of sp³-hybridized carbons (Fsp3) is 0.304. The molecule has 0 saturated carbocycles. The number of hydrogen-bond acceptors (Lipinski definition) is 6. The number of aliphatic hydroxyl groups excluding tert-OH is 1. The fourth-order valence-electron chi connectivity index (χ4n) is 4.40. The van der Waals surface area contributed by atoms with E-state index < -0.39 is 37.4 Å². The third-order valence-corrected chi connectivity index (χ3v) is 7.81. The summed E-state index contributed by atoms with van der Waals surface area (Å²) in [5.41, 5.74) is 0.0367. The van der Waals surface area contributed by atoms with Gasteiger partial charge in [-0.15, -0.1) is 0 Å². The van der Waals surface area contributed by atoms with Crippen LogP contribution in [-0.2, 0) is 14.2 Å². The number of fused-ring (bicyclic) bond motifs is 1. The van der Waals surface area contributed by atoms with Gasteiger partial charge in [0.15, 0.2) is 5.78 Å². The number of nitrogens with zero attached hydrogens (tertiary/aromatic N) is 1. The van der Waals surface area contributed by atoms with Crippen molar-refractivity contribution < 1.29 is 28.3 Å². The van der Waals surface area contributed by atoms with E-state index in [9.17, 15) is 19.3 Å². The minimum Gasteiger partial charge on any atom is -0.413 e. The van der Waals surface area contributed by atoms with E-state index in [0.29, 0.717) is 11.5 Å². The van der Waals surface area contributed by atoms with Gasteiger partial charge in [0.1, 0.15) is 17.2 Å². The maximum Gasteiger partial charge on any atom is 0.461 e. The van der Waals surface area contributed by atoms with Crippen LogP contribution in [0.25, 0.3) is 0 Å². The van der Waals surface area contributed by atoms with Crippen molar-refractivity contribution in [2.75, 3.05) is 0 Å². The third kappa shape index (κ3) is 3.58. The topological polar surface area (TPSA) is 93.1 Å². The van der Waals surface area contributed by atoms with Crippen molar-refractivity contribution in [2.24, 2.45) is 11.8 Å². The van der Waals surface area contributed by atoms with Crippen LogP contribution in [0.4, 0.5) is 0 Å². The van der Waals surface area contributed by atoms with E-state index in [1.807, 2.05) is 0 Å². The van der Waals surface area contributed by atoms with Crippen LogP contribution >= 0.6 is 7.60 Å². The Morgan fingerprint density at radius 3 is 1.94 bits per heavy atom. The highest BCUT2D eigenvalue weighted by molar-refractivity contribution is 7.59. The SMILES string of the molecule is CC(=O)C1=C(P(=O)(Oc2ccccc2)Oc2ccccc2)[C@H](C)[C@@H]2[C@@H]([C@@H](C)O)C(=O)N12. The molecule has 2 aliphatic rings. The zero-order chi connectivity index (χ0) is 22.3. The van der Waals surface area contributed by atoms with E-state index >= 15 is 0 Å². The molecular formula is C23H24NO6P. The molecule has 8 heteroatoms. The summed E-state index contributed by atoms with van der Waals surface area (Å²) < 4.78 is 26.2. The molecular weight excluding hydrogens is 417 g/mol. The van der Waals surface area contributed by atoms with E-state index in [4.69, 9.17) is 9.05 Å². The zero-order valence-electron chi connectivity index (χ0n) is 17.5. The number of amides is 1. The Morgan fingerprint density at radius 2 is 1.52 bits per heavy atom. The highest BCUT2D eigenvalue weighted by Crippen LogP contribution is 2.65. The number of Topliss-reactive ketones (excluding diaryl/α,β-unsaturated/α-hetero) is 1. The van der Waals surface area contributed by atoms with Crippen LogP contribution in [0.5, 0.6) is 11.5 Å². The lowest BCUT2D eigenvalue weighted by atomic mass is 9.79. The second kappa shape index (κ2) is 7.98. The van der Waals surface area contributed by atoms with Crippen LogP contribution in [0.15, 0.2) is 71.7 Å². The lowest BCUT2D eigenvalue weighted by molar-refractivity contribution is -0.160. The molecule has 4 atom stereocenters. The molecule has 1 saturated heterocycles. The number of hydrogen-bond donors (Lipinski definition) is 1. The molecule has 1 N–H and O–H groups in total. The predicted octanol–water partition coefficient (Wildman–Crippen LogP) is 4.00. The second-order valence-corrected chi connectivity index (χ2v) is 9.69. The molecule has 1 fully saturated rings. The van der Waals surface area contributed by atoms with Gasteiger partial charge in [-0.05, 0) is 31.2 Å². The molecule has 4 rings (SSSR count). The molecule has 1 amide bonds. The van der Waals surface area contributed by atoms with E-state index in [1.54, 1.807) is 74.5 Å². The average molecular weight is 441 g/mol. The molecule has 0 spiro atoms. The summed E-state index contributed by atoms with van der Waals surface area (Å²) in [7, 11) is -4.11. The molecule has 2 aromatic rings. The first-order chi connectivity index (χ1) is 14.7. The first-order valence-corrected chi connectivity index (χ1v) is 11.6. The molecule has 0 unspecified atom stereocenters. The molecule has 0 aromatic heterocycles. The number of ketones is 1. The van der Waals surface area contributed by atoms with Gasteiger partial charge in [0.25, 0.3) is 0 Å². The Labute approximate surface area is 180 Å². The summed E-state index contributed by atoms with van der Waals surface area (Å²) in [6.07, 6.45) is -0.895. The highest BCUT2D eigenvalue weighted by Gasteiger charge is 2.63. The van der Waals surface area contributed by atoms with Crippen molar-refractivity contribution >= 4 is 19.3 Å². The quantitative estimate of drug-likeness (QED) is 0.516. The van der Waals surface area contributed by atoms with Crippen molar-refractivity contribution in [3.8, 4) is 11.5 Å². The summed E-state index contributed by atoms with van der Waals surface area (Å²) in [4.78, 5) is 26.7. The Bertz CT molecular complexity index is 1040. The Morgan fingerprint density at radius 1 is 1.03 bits per heavy atom.